The third-order valence-electron chi connectivity index (χ3n) is 5.90. The summed E-state index contributed by atoms with van der Waals surface area (Å²) in [6.07, 6.45) is -0.288. The number of amides is 1. The molecule has 1 aliphatic rings. The summed E-state index contributed by atoms with van der Waals surface area (Å²) in [5.74, 6) is 1.04. The minimum atomic E-state index is -3.89. The fraction of sp³-hybridized carbons (Fsp3) is 0.296. The zero-order chi connectivity index (χ0) is 25.0. The molecule has 3 aromatic rings. The van der Waals surface area contributed by atoms with E-state index in [4.69, 9.17) is 9.47 Å². The molecule has 1 aliphatic heterocycles. The Labute approximate surface area is 206 Å². The number of fused-ring (bicyclic) bond motifs is 1. The van der Waals surface area contributed by atoms with Gasteiger partial charge in [-0.05, 0) is 54.3 Å². The standard InChI is InChI=1S/C27H30N2O5S/c1-19(2)17-23(20-13-15-21(33-3)16-14-20)28-27(30)26-18-29(24-11-7-8-12-25(24)34-26)35(31,32)22-9-5-4-6-10-22/h4-16,19,23,26H,17-18H2,1-3H3,(H,28,30)/t23-,26-/m1/s1. The van der Waals surface area contributed by atoms with Crippen LogP contribution in [-0.2, 0) is 14.8 Å². The second-order valence-electron chi connectivity index (χ2n) is 8.89. The summed E-state index contributed by atoms with van der Waals surface area (Å²) < 4.78 is 39.5. The second kappa shape index (κ2) is 10.4. The van der Waals surface area contributed by atoms with Crippen LogP contribution in [0.2, 0.25) is 0 Å². The quantitative estimate of drug-likeness (QED) is 0.496. The number of hydrogen-bond donors (Lipinski definition) is 1. The Hall–Kier alpha value is -3.52. The van der Waals surface area contributed by atoms with E-state index in [9.17, 15) is 13.2 Å². The van der Waals surface area contributed by atoms with Gasteiger partial charge in [-0.1, -0.05) is 56.3 Å². The van der Waals surface area contributed by atoms with Crippen LogP contribution in [0.15, 0.2) is 83.8 Å². The number of anilines is 1. The Bertz CT molecular complexity index is 1260. The number of hydrogen-bond acceptors (Lipinski definition) is 5. The molecule has 8 heteroatoms. The highest BCUT2D eigenvalue weighted by molar-refractivity contribution is 7.92. The van der Waals surface area contributed by atoms with Gasteiger partial charge in [0.2, 0.25) is 0 Å². The van der Waals surface area contributed by atoms with Gasteiger partial charge >= 0.3 is 0 Å². The van der Waals surface area contributed by atoms with Crippen LogP contribution in [0.3, 0.4) is 0 Å². The topological polar surface area (TPSA) is 84.9 Å². The van der Waals surface area contributed by atoms with Crippen molar-refractivity contribution < 1.29 is 22.7 Å². The summed E-state index contributed by atoms with van der Waals surface area (Å²) in [4.78, 5) is 13.6. The maximum absolute atomic E-state index is 13.5. The number of nitrogens with zero attached hydrogens (tertiary/aromatic N) is 1. The molecule has 4 rings (SSSR count). The van der Waals surface area contributed by atoms with Crippen LogP contribution in [0, 0.1) is 5.92 Å². The van der Waals surface area contributed by atoms with Crippen molar-refractivity contribution in [2.75, 3.05) is 18.0 Å². The van der Waals surface area contributed by atoms with Gasteiger partial charge in [-0.2, -0.15) is 0 Å². The highest BCUT2D eigenvalue weighted by Crippen LogP contribution is 2.37. The molecule has 35 heavy (non-hydrogen) atoms. The lowest BCUT2D eigenvalue weighted by Crippen LogP contribution is -2.51. The summed E-state index contributed by atoms with van der Waals surface area (Å²) in [5, 5.41) is 3.09. The second-order valence-corrected chi connectivity index (χ2v) is 10.7. The molecule has 0 spiro atoms. The van der Waals surface area contributed by atoms with Gasteiger partial charge in [0.05, 0.1) is 30.3 Å². The molecule has 184 valence electrons. The van der Waals surface area contributed by atoms with Crippen LogP contribution in [-0.4, -0.2) is 34.1 Å². The molecule has 0 saturated carbocycles. The number of carbonyl (C=O) groups excluding carboxylic acids is 1. The molecule has 0 aromatic heterocycles. The maximum atomic E-state index is 13.5. The van der Waals surface area contributed by atoms with E-state index >= 15 is 0 Å². The van der Waals surface area contributed by atoms with Crippen molar-refractivity contribution in [1.82, 2.24) is 5.32 Å². The minimum Gasteiger partial charge on any atom is -0.497 e. The molecule has 0 unspecified atom stereocenters. The zero-order valence-electron chi connectivity index (χ0n) is 20.0. The summed E-state index contributed by atoms with van der Waals surface area (Å²) >= 11 is 0. The number of carbonyl (C=O) groups is 1. The lowest BCUT2D eigenvalue weighted by atomic mass is 9.96. The minimum absolute atomic E-state index is 0.128. The molecule has 1 N–H and O–H groups in total. The third-order valence-corrected chi connectivity index (χ3v) is 7.69. The van der Waals surface area contributed by atoms with E-state index in [-0.39, 0.29) is 23.4 Å². The fourth-order valence-electron chi connectivity index (χ4n) is 4.14. The van der Waals surface area contributed by atoms with Crippen LogP contribution in [0.5, 0.6) is 11.5 Å². The van der Waals surface area contributed by atoms with Crippen molar-refractivity contribution in [2.24, 2.45) is 5.92 Å². The molecule has 0 bridgehead atoms. The van der Waals surface area contributed by atoms with E-state index in [1.807, 2.05) is 24.3 Å². The van der Waals surface area contributed by atoms with Crippen LogP contribution in [0.4, 0.5) is 5.69 Å². The first-order valence-corrected chi connectivity index (χ1v) is 13.0. The van der Waals surface area contributed by atoms with Crippen molar-refractivity contribution in [3.05, 3.63) is 84.4 Å². The predicted octanol–water partition coefficient (Wildman–Crippen LogP) is 4.56. The number of methoxy groups -OCH3 is 1. The smallest absolute Gasteiger partial charge is 0.264 e. The average Bonchev–Trinajstić information content (AvgIpc) is 2.87. The van der Waals surface area contributed by atoms with Gasteiger partial charge in [-0.15, -0.1) is 0 Å². The number of sulfonamides is 1. The summed E-state index contributed by atoms with van der Waals surface area (Å²) in [6.45, 7) is 4.05. The lowest BCUT2D eigenvalue weighted by molar-refractivity contribution is -0.128. The molecule has 0 aliphatic carbocycles. The molecule has 2 atom stereocenters. The van der Waals surface area contributed by atoms with Crippen LogP contribution >= 0.6 is 0 Å². The molecule has 0 fully saturated rings. The molecular formula is C27H30N2O5S. The van der Waals surface area contributed by atoms with E-state index in [2.05, 4.69) is 19.2 Å². The number of rotatable bonds is 8. The number of ether oxygens (including phenoxy) is 2. The van der Waals surface area contributed by atoms with Gasteiger partial charge < -0.3 is 14.8 Å². The Morgan fingerprint density at radius 1 is 1.03 bits per heavy atom. The molecule has 1 heterocycles. The van der Waals surface area contributed by atoms with Crippen molar-refractivity contribution in [3.8, 4) is 11.5 Å². The third kappa shape index (κ3) is 5.43. The molecule has 7 nitrogen and oxygen atoms in total. The van der Waals surface area contributed by atoms with Crippen LogP contribution in [0.1, 0.15) is 31.9 Å². The SMILES string of the molecule is COc1ccc([C@@H](CC(C)C)NC(=O)[C@H]2CN(S(=O)(=O)c3ccccc3)c3ccccc3O2)cc1. The van der Waals surface area contributed by atoms with Crippen molar-refractivity contribution >= 4 is 21.6 Å². The first-order chi connectivity index (χ1) is 16.8. The number of para-hydroxylation sites is 2. The van der Waals surface area contributed by atoms with E-state index in [0.29, 0.717) is 23.8 Å². The summed E-state index contributed by atoms with van der Waals surface area (Å²) in [7, 11) is -2.28. The van der Waals surface area contributed by atoms with Crippen molar-refractivity contribution in [1.29, 1.82) is 0 Å². The first kappa shape index (κ1) is 24.6. The van der Waals surface area contributed by atoms with E-state index < -0.39 is 16.1 Å². The Morgan fingerprint density at radius 2 is 1.69 bits per heavy atom. The van der Waals surface area contributed by atoms with E-state index in [1.165, 1.54) is 4.31 Å². The predicted molar refractivity (Wildman–Crippen MR) is 135 cm³/mol. The highest BCUT2D eigenvalue weighted by Gasteiger charge is 2.38. The van der Waals surface area contributed by atoms with Gasteiger partial charge in [-0.25, -0.2) is 8.42 Å². The molecular weight excluding hydrogens is 464 g/mol. The lowest BCUT2D eigenvalue weighted by Gasteiger charge is -2.35. The first-order valence-electron chi connectivity index (χ1n) is 11.6. The normalized spacial score (nSPS) is 16.2. The van der Waals surface area contributed by atoms with Crippen LogP contribution < -0.4 is 19.1 Å². The summed E-state index contributed by atoms with van der Waals surface area (Å²) in [6, 6.07) is 22.4. The van der Waals surface area contributed by atoms with Gasteiger partial charge in [0.15, 0.2) is 6.10 Å². The molecule has 0 saturated heterocycles. The molecule has 3 aromatic carbocycles. The average molecular weight is 495 g/mol. The van der Waals surface area contributed by atoms with Gasteiger partial charge in [0.1, 0.15) is 11.5 Å². The largest absolute Gasteiger partial charge is 0.497 e. The van der Waals surface area contributed by atoms with E-state index in [1.54, 1.807) is 61.7 Å². The molecule has 0 radical (unpaired) electrons. The number of benzene rings is 3. The maximum Gasteiger partial charge on any atom is 0.264 e. The zero-order valence-corrected chi connectivity index (χ0v) is 20.9. The van der Waals surface area contributed by atoms with Gasteiger partial charge in [0, 0.05) is 0 Å². The number of nitrogens with one attached hydrogen (secondary N) is 1. The Morgan fingerprint density at radius 3 is 2.34 bits per heavy atom. The Balaban J connectivity index is 1.62. The van der Waals surface area contributed by atoms with Crippen molar-refractivity contribution in [3.63, 3.8) is 0 Å². The molecule has 1 amide bonds. The summed E-state index contributed by atoms with van der Waals surface area (Å²) in [5.41, 5.74) is 1.35. The monoisotopic (exact) mass is 494 g/mol. The highest BCUT2D eigenvalue weighted by atomic mass is 32.2. The van der Waals surface area contributed by atoms with E-state index in [0.717, 1.165) is 11.3 Å². The van der Waals surface area contributed by atoms with Crippen LogP contribution in [0.25, 0.3) is 0 Å². The van der Waals surface area contributed by atoms with Gasteiger partial charge in [0.25, 0.3) is 15.9 Å². The van der Waals surface area contributed by atoms with Gasteiger partial charge in [-0.3, -0.25) is 9.10 Å². The fourth-order valence-corrected chi connectivity index (χ4v) is 5.63. The van der Waals surface area contributed by atoms with Crippen molar-refractivity contribution in [2.45, 2.75) is 37.3 Å². The Kier molecular flexibility index (Phi) is 7.31.